The van der Waals surface area contributed by atoms with Gasteiger partial charge in [-0.3, -0.25) is 0 Å². The van der Waals surface area contributed by atoms with E-state index < -0.39 is 0 Å². The number of nitrogens with two attached hydrogens (primary N) is 1. The van der Waals surface area contributed by atoms with Crippen LogP contribution in [0.5, 0.6) is 11.5 Å². The van der Waals surface area contributed by atoms with Crippen LogP contribution < -0.4 is 20.5 Å². The molecule has 2 aliphatic rings. The van der Waals surface area contributed by atoms with Crippen LogP contribution in [0.3, 0.4) is 0 Å². The maximum Gasteiger partial charge on any atom is 0.193 e. The van der Waals surface area contributed by atoms with Crippen LogP contribution in [0, 0.1) is 5.82 Å². The van der Waals surface area contributed by atoms with Gasteiger partial charge in [0, 0.05) is 34.7 Å². The lowest BCUT2D eigenvalue weighted by Crippen LogP contribution is -2.23. The molecule has 5 nitrogen and oxygen atoms in total. The van der Waals surface area contributed by atoms with E-state index in [4.69, 9.17) is 26.8 Å². The Labute approximate surface area is 179 Å². The van der Waals surface area contributed by atoms with Crippen molar-refractivity contribution in [2.24, 2.45) is 10.7 Å². The van der Waals surface area contributed by atoms with E-state index in [2.05, 4.69) is 10.3 Å². The summed E-state index contributed by atoms with van der Waals surface area (Å²) in [4.78, 5) is 4.44. The number of nitrogens with zero attached hydrogens (tertiary/aromatic N) is 1. The molecule has 2 unspecified atom stereocenters. The second kappa shape index (κ2) is 8.52. The van der Waals surface area contributed by atoms with Gasteiger partial charge in [-0.15, -0.1) is 24.0 Å². The summed E-state index contributed by atoms with van der Waals surface area (Å²) in [6, 6.07) is 10.2. The average molecular weight is 504 g/mol. The zero-order valence-electron chi connectivity index (χ0n) is 14.5. The van der Waals surface area contributed by atoms with Crippen LogP contribution in [0.2, 0.25) is 5.02 Å². The van der Waals surface area contributed by atoms with Crippen LogP contribution in [0.15, 0.2) is 41.4 Å². The van der Waals surface area contributed by atoms with E-state index in [0.717, 1.165) is 24.3 Å². The minimum atomic E-state index is -0.297. The van der Waals surface area contributed by atoms with Crippen LogP contribution in [0.4, 0.5) is 10.1 Å². The molecule has 2 atom stereocenters. The van der Waals surface area contributed by atoms with Crippen molar-refractivity contribution in [1.82, 2.24) is 0 Å². The standard InChI is InChI=1S/C19H19ClFN3O2.HI/c20-13-3-1-4-14(21)18(13)12-10-15(12)24-19(22)23-11-5-6-16-17(9-11)26-8-2-7-25-16;/h1,3-6,9,12,15H,2,7-8,10H2,(H3,22,23,24);1H. The molecule has 1 saturated carbocycles. The fourth-order valence-electron chi connectivity index (χ4n) is 3.10. The lowest BCUT2D eigenvalue weighted by Gasteiger charge is -2.11. The van der Waals surface area contributed by atoms with Gasteiger partial charge in [-0.1, -0.05) is 17.7 Å². The first-order chi connectivity index (χ1) is 12.6. The maximum atomic E-state index is 14.0. The van der Waals surface area contributed by atoms with Crippen molar-refractivity contribution in [3.05, 3.63) is 52.8 Å². The Morgan fingerprint density at radius 3 is 2.74 bits per heavy atom. The molecule has 3 N–H and O–H groups in total. The van der Waals surface area contributed by atoms with Crippen molar-refractivity contribution in [2.45, 2.75) is 24.8 Å². The van der Waals surface area contributed by atoms with E-state index in [9.17, 15) is 4.39 Å². The van der Waals surface area contributed by atoms with Crippen molar-refractivity contribution in [1.29, 1.82) is 0 Å². The van der Waals surface area contributed by atoms with Gasteiger partial charge in [0.2, 0.25) is 0 Å². The fraction of sp³-hybridized carbons (Fsp3) is 0.316. The molecule has 1 heterocycles. The highest BCUT2D eigenvalue weighted by Gasteiger charge is 2.41. The molecule has 0 aromatic heterocycles. The van der Waals surface area contributed by atoms with Gasteiger partial charge in [0.25, 0.3) is 0 Å². The van der Waals surface area contributed by atoms with Crippen molar-refractivity contribution >= 4 is 47.2 Å². The summed E-state index contributed by atoms with van der Waals surface area (Å²) in [6.07, 6.45) is 1.58. The molecule has 4 rings (SSSR count). The van der Waals surface area contributed by atoms with Crippen molar-refractivity contribution in [3.8, 4) is 11.5 Å². The molecule has 144 valence electrons. The molecule has 27 heavy (non-hydrogen) atoms. The highest BCUT2D eigenvalue weighted by Crippen LogP contribution is 2.47. The van der Waals surface area contributed by atoms with E-state index in [-0.39, 0.29) is 47.7 Å². The smallest absolute Gasteiger partial charge is 0.193 e. The minimum Gasteiger partial charge on any atom is -0.490 e. The number of hydrogen-bond acceptors (Lipinski definition) is 3. The van der Waals surface area contributed by atoms with E-state index in [0.29, 0.717) is 29.5 Å². The Morgan fingerprint density at radius 2 is 1.96 bits per heavy atom. The topological polar surface area (TPSA) is 68.9 Å². The Hall–Kier alpha value is -1.74. The van der Waals surface area contributed by atoms with E-state index in [1.165, 1.54) is 6.07 Å². The number of ether oxygens (including phenoxy) is 2. The number of rotatable bonds is 3. The summed E-state index contributed by atoms with van der Waals surface area (Å²) in [5.41, 5.74) is 7.29. The largest absolute Gasteiger partial charge is 0.490 e. The molecule has 2 aromatic rings. The zero-order chi connectivity index (χ0) is 18.1. The van der Waals surface area contributed by atoms with Gasteiger partial charge in [0.15, 0.2) is 17.5 Å². The van der Waals surface area contributed by atoms with Gasteiger partial charge in [-0.25, -0.2) is 9.38 Å². The molecule has 1 fully saturated rings. The summed E-state index contributed by atoms with van der Waals surface area (Å²) in [7, 11) is 0. The number of benzene rings is 2. The van der Waals surface area contributed by atoms with Gasteiger partial charge in [0.05, 0.1) is 19.3 Å². The van der Waals surface area contributed by atoms with E-state index in [1.54, 1.807) is 12.1 Å². The number of aliphatic imine (C=N–C) groups is 1. The molecule has 1 aliphatic carbocycles. The fourth-order valence-corrected chi connectivity index (χ4v) is 3.40. The molecule has 0 saturated heterocycles. The Bertz CT molecular complexity index is 845. The third kappa shape index (κ3) is 4.57. The van der Waals surface area contributed by atoms with Gasteiger partial charge < -0.3 is 20.5 Å². The Balaban J connectivity index is 0.00000210. The van der Waals surface area contributed by atoms with Gasteiger partial charge in [0.1, 0.15) is 5.82 Å². The summed E-state index contributed by atoms with van der Waals surface area (Å²) in [5, 5.41) is 3.48. The van der Waals surface area contributed by atoms with Crippen LogP contribution in [0.25, 0.3) is 0 Å². The third-order valence-corrected chi connectivity index (χ3v) is 4.78. The Morgan fingerprint density at radius 1 is 1.19 bits per heavy atom. The van der Waals surface area contributed by atoms with Crippen molar-refractivity contribution in [2.75, 3.05) is 18.5 Å². The molecule has 0 amide bonds. The second-order valence-electron chi connectivity index (χ2n) is 6.40. The van der Waals surface area contributed by atoms with E-state index >= 15 is 0 Å². The summed E-state index contributed by atoms with van der Waals surface area (Å²) >= 11 is 6.12. The second-order valence-corrected chi connectivity index (χ2v) is 6.80. The molecule has 0 bridgehead atoms. The highest BCUT2D eigenvalue weighted by atomic mass is 127. The number of anilines is 1. The molecular weight excluding hydrogens is 484 g/mol. The molecule has 2 aromatic carbocycles. The lowest BCUT2D eigenvalue weighted by atomic mass is 10.1. The first-order valence-electron chi connectivity index (χ1n) is 8.55. The quantitative estimate of drug-likeness (QED) is 0.367. The zero-order valence-corrected chi connectivity index (χ0v) is 17.5. The Kier molecular flexibility index (Phi) is 6.31. The van der Waals surface area contributed by atoms with Gasteiger partial charge in [-0.05, 0) is 30.7 Å². The first-order valence-corrected chi connectivity index (χ1v) is 8.93. The maximum absolute atomic E-state index is 14.0. The highest BCUT2D eigenvalue weighted by molar-refractivity contribution is 14.0. The normalized spacial score (nSPS) is 21.0. The van der Waals surface area contributed by atoms with Crippen molar-refractivity contribution < 1.29 is 13.9 Å². The summed E-state index contributed by atoms with van der Waals surface area (Å²) < 4.78 is 25.3. The monoisotopic (exact) mass is 503 g/mol. The first kappa shape index (κ1) is 20.0. The molecule has 0 spiro atoms. The van der Waals surface area contributed by atoms with Crippen LogP contribution in [-0.4, -0.2) is 25.2 Å². The number of nitrogens with one attached hydrogen (secondary N) is 1. The molecule has 1 aliphatic heterocycles. The summed E-state index contributed by atoms with van der Waals surface area (Å²) in [5.74, 6) is 1.35. The van der Waals surface area contributed by atoms with Gasteiger partial charge in [-0.2, -0.15) is 0 Å². The summed E-state index contributed by atoms with van der Waals surface area (Å²) in [6.45, 7) is 1.26. The van der Waals surface area contributed by atoms with E-state index in [1.807, 2.05) is 18.2 Å². The third-order valence-electron chi connectivity index (χ3n) is 4.45. The predicted molar refractivity (Wildman–Crippen MR) is 115 cm³/mol. The molecular formula is C19H20ClFIN3O2. The van der Waals surface area contributed by atoms with Crippen LogP contribution in [-0.2, 0) is 0 Å². The minimum absolute atomic E-state index is 0. The van der Waals surface area contributed by atoms with Gasteiger partial charge >= 0.3 is 0 Å². The van der Waals surface area contributed by atoms with Crippen molar-refractivity contribution in [3.63, 3.8) is 0 Å². The lowest BCUT2D eigenvalue weighted by molar-refractivity contribution is 0.297. The van der Waals surface area contributed by atoms with Crippen LogP contribution >= 0.6 is 35.6 Å². The number of hydrogen-bond donors (Lipinski definition) is 2. The molecule has 8 heteroatoms. The van der Waals surface area contributed by atoms with Crippen LogP contribution in [0.1, 0.15) is 24.3 Å². The number of guanidine groups is 1. The molecule has 0 radical (unpaired) electrons. The predicted octanol–water partition coefficient (Wildman–Crippen LogP) is 4.54. The SMILES string of the molecule is I.NC(=NC1CC1c1c(F)cccc1Cl)Nc1ccc2c(c1)OCCCO2. The average Bonchev–Trinajstić information content (AvgIpc) is 3.37. The number of halogens is 3. The number of fused-ring (bicyclic) bond motifs is 1.